The van der Waals surface area contributed by atoms with Gasteiger partial charge in [-0.15, -0.1) is 0 Å². The van der Waals surface area contributed by atoms with E-state index in [1.54, 1.807) is 0 Å². The van der Waals surface area contributed by atoms with Gasteiger partial charge in [-0.2, -0.15) is 0 Å². The van der Waals surface area contributed by atoms with E-state index in [4.69, 9.17) is 10.5 Å². The van der Waals surface area contributed by atoms with Gasteiger partial charge in [0.05, 0.1) is 6.42 Å². The van der Waals surface area contributed by atoms with E-state index in [-0.39, 0.29) is 37.1 Å². The molecule has 0 radical (unpaired) electrons. The molecule has 1 aromatic carbocycles. The summed E-state index contributed by atoms with van der Waals surface area (Å²) in [5, 5.41) is 11.7. The average Bonchev–Trinajstić information content (AvgIpc) is 2.89. The number of ether oxygens (including phenoxy) is 1. The normalized spacial score (nSPS) is 19.1. The number of amides is 2. The molecule has 2 rings (SSSR count). The molecule has 6 atom stereocenters. The van der Waals surface area contributed by atoms with Crippen LogP contribution in [0.4, 0.5) is 0 Å². The molecule has 9 heteroatoms. The fraction of sp³-hybridized carbons (Fsp3) is 0.643. The van der Waals surface area contributed by atoms with Crippen molar-refractivity contribution >= 4 is 23.8 Å². The number of nitrogens with one attached hydrogen (secondary N) is 1. The molecule has 0 aliphatic carbocycles. The smallest absolute Gasteiger partial charge is 0.325 e. The summed E-state index contributed by atoms with van der Waals surface area (Å²) in [4.78, 5) is 52.4. The lowest BCUT2D eigenvalue weighted by Crippen LogP contribution is -2.55. The zero-order valence-corrected chi connectivity index (χ0v) is 22.7. The Kier molecular flexibility index (Phi) is 11.6. The number of carbonyl (C=O) groups is 4. The van der Waals surface area contributed by atoms with Crippen LogP contribution in [0, 0.1) is 11.8 Å². The minimum absolute atomic E-state index is 0.0577. The van der Waals surface area contributed by atoms with E-state index in [2.05, 4.69) is 12.2 Å². The Morgan fingerprint density at radius 3 is 2.35 bits per heavy atom. The molecule has 1 heterocycles. The monoisotopic (exact) mass is 517 g/mol. The molecule has 1 aliphatic heterocycles. The minimum Gasteiger partial charge on any atom is -0.480 e. The van der Waals surface area contributed by atoms with Crippen molar-refractivity contribution in [3.05, 3.63) is 35.4 Å². The van der Waals surface area contributed by atoms with Crippen LogP contribution in [0.25, 0.3) is 0 Å². The lowest BCUT2D eigenvalue weighted by molar-refractivity contribution is -0.158. The molecule has 0 aromatic heterocycles. The summed E-state index contributed by atoms with van der Waals surface area (Å²) in [6.07, 6.45) is 2.92. The highest BCUT2D eigenvalue weighted by Gasteiger charge is 2.38. The van der Waals surface area contributed by atoms with Crippen molar-refractivity contribution in [2.45, 2.75) is 104 Å². The quantitative estimate of drug-likeness (QED) is 0.342. The molecule has 4 N–H and O–H groups in total. The summed E-state index contributed by atoms with van der Waals surface area (Å²) in [6.45, 7) is 9.47. The molecular formula is C28H43N3O6. The molecule has 37 heavy (non-hydrogen) atoms. The van der Waals surface area contributed by atoms with E-state index in [0.29, 0.717) is 0 Å². The first-order valence-corrected chi connectivity index (χ1v) is 13.3. The van der Waals surface area contributed by atoms with Gasteiger partial charge >= 0.3 is 11.9 Å². The lowest BCUT2D eigenvalue weighted by atomic mass is 9.91. The summed E-state index contributed by atoms with van der Waals surface area (Å²) in [7, 11) is 0. The zero-order valence-electron chi connectivity index (χ0n) is 22.7. The third-order valence-corrected chi connectivity index (χ3v) is 7.42. The Morgan fingerprint density at radius 1 is 1.11 bits per heavy atom. The highest BCUT2D eigenvalue weighted by molar-refractivity contribution is 5.91. The first kappa shape index (κ1) is 30.3. The van der Waals surface area contributed by atoms with Gasteiger partial charge in [-0.1, -0.05) is 71.2 Å². The predicted molar refractivity (Wildman–Crippen MR) is 140 cm³/mol. The van der Waals surface area contributed by atoms with Gasteiger partial charge in [0.25, 0.3) is 0 Å². The van der Waals surface area contributed by atoms with Crippen molar-refractivity contribution in [1.29, 1.82) is 0 Å². The second-order valence-corrected chi connectivity index (χ2v) is 10.3. The summed E-state index contributed by atoms with van der Waals surface area (Å²) in [5.41, 5.74) is 7.98. The first-order chi connectivity index (χ1) is 17.5. The van der Waals surface area contributed by atoms with Crippen molar-refractivity contribution in [1.82, 2.24) is 10.2 Å². The topological polar surface area (TPSA) is 139 Å². The van der Waals surface area contributed by atoms with Gasteiger partial charge in [0.15, 0.2) is 0 Å². The third kappa shape index (κ3) is 8.28. The number of carboxylic acids is 1. The molecule has 9 nitrogen and oxygen atoms in total. The number of carboxylic acid groups (broad SMARTS) is 1. The van der Waals surface area contributed by atoms with Crippen LogP contribution in [0.5, 0.6) is 0 Å². The van der Waals surface area contributed by atoms with Gasteiger partial charge in [-0.05, 0) is 36.3 Å². The van der Waals surface area contributed by atoms with Crippen LogP contribution in [0.15, 0.2) is 24.3 Å². The van der Waals surface area contributed by atoms with Crippen molar-refractivity contribution in [3.8, 4) is 0 Å². The van der Waals surface area contributed by atoms with E-state index < -0.39 is 42.1 Å². The average molecular weight is 518 g/mol. The Hall–Kier alpha value is -2.94. The van der Waals surface area contributed by atoms with Gasteiger partial charge in [-0.3, -0.25) is 19.2 Å². The zero-order chi connectivity index (χ0) is 27.7. The highest BCUT2D eigenvalue weighted by Crippen LogP contribution is 2.27. The summed E-state index contributed by atoms with van der Waals surface area (Å²) in [5.74, 6) is -2.66. The first-order valence-electron chi connectivity index (χ1n) is 13.3. The van der Waals surface area contributed by atoms with E-state index in [9.17, 15) is 24.3 Å². The Balaban J connectivity index is 2.29. The number of nitrogens with zero attached hydrogens (tertiary/aromatic N) is 1. The second kappa shape index (κ2) is 14.1. The maximum Gasteiger partial charge on any atom is 0.325 e. The minimum atomic E-state index is -1.16. The molecule has 0 saturated carbocycles. The lowest BCUT2D eigenvalue weighted by Gasteiger charge is -2.37. The standard InChI is InChI=1S/C28H43N3O6/c1-6-8-11-18(4)23(37-28(36)25(29)17(3)7-2)15-24(32)31-16-21-13-10-9-12-20(21)14-22(31)26(33)30-19(5)27(34)35/h9-10,12-13,17-19,22-23,25H,6-8,11,14-16,29H2,1-5H3,(H,30,33)(H,34,35)/t17-,18+,19+,22-,23+,25-/m1/s1. The maximum atomic E-state index is 13.7. The second-order valence-electron chi connectivity index (χ2n) is 10.3. The Morgan fingerprint density at radius 2 is 1.76 bits per heavy atom. The van der Waals surface area contributed by atoms with Gasteiger partial charge in [0.1, 0.15) is 24.2 Å². The predicted octanol–water partition coefficient (Wildman–Crippen LogP) is 3.03. The molecule has 0 bridgehead atoms. The van der Waals surface area contributed by atoms with E-state index in [1.807, 2.05) is 45.0 Å². The number of carbonyl (C=O) groups excluding carboxylic acids is 3. The number of nitrogens with two attached hydrogens (primary N) is 1. The molecular weight excluding hydrogens is 474 g/mol. The number of unbranched alkanes of at least 4 members (excludes halogenated alkanes) is 1. The van der Waals surface area contributed by atoms with Crippen LogP contribution in [0.2, 0.25) is 0 Å². The molecule has 1 aliphatic rings. The molecule has 0 fully saturated rings. The number of aliphatic carboxylic acids is 1. The molecule has 0 saturated heterocycles. The van der Waals surface area contributed by atoms with E-state index in [0.717, 1.165) is 36.8 Å². The fourth-order valence-electron chi connectivity index (χ4n) is 4.46. The van der Waals surface area contributed by atoms with Crippen molar-refractivity contribution in [2.75, 3.05) is 0 Å². The summed E-state index contributed by atoms with van der Waals surface area (Å²) in [6, 6.07) is 4.83. The van der Waals surface area contributed by atoms with Crippen LogP contribution < -0.4 is 11.1 Å². The Bertz CT molecular complexity index is 952. The van der Waals surface area contributed by atoms with E-state index >= 15 is 0 Å². The van der Waals surface area contributed by atoms with Crippen LogP contribution in [-0.4, -0.2) is 58.0 Å². The number of hydrogen-bond donors (Lipinski definition) is 3. The van der Waals surface area contributed by atoms with Crippen LogP contribution in [0.3, 0.4) is 0 Å². The highest BCUT2D eigenvalue weighted by atomic mass is 16.5. The summed E-state index contributed by atoms with van der Waals surface area (Å²) < 4.78 is 5.83. The number of esters is 1. The molecule has 0 unspecified atom stereocenters. The molecule has 1 aromatic rings. The number of rotatable bonds is 13. The number of benzene rings is 1. The van der Waals surface area contributed by atoms with Gasteiger partial charge in [0, 0.05) is 13.0 Å². The largest absolute Gasteiger partial charge is 0.480 e. The van der Waals surface area contributed by atoms with Gasteiger partial charge in [0.2, 0.25) is 11.8 Å². The SMILES string of the molecule is CCCC[C@H](C)[C@H](CC(=O)N1Cc2ccccc2C[C@@H]1C(=O)N[C@@H](C)C(=O)O)OC(=O)[C@H](N)[C@H](C)CC. The fourth-order valence-corrected chi connectivity index (χ4v) is 4.46. The Labute approximate surface area is 220 Å². The maximum absolute atomic E-state index is 13.7. The van der Waals surface area contributed by atoms with E-state index in [1.165, 1.54) is 11.8 Å². The van der Waals surface area contributed by atoms with Crippen molar-refractivity contribution in [2.24, 2.45) is 17.6 Å². The number of hydrogen-bond acceptors (Lipinski definition) is 6. The molecule has 0 spiro atoms. The van der Waals surface area contributed by atoms with Crippen LogP contribution >= 0.6 is 0 Å². The van der Waals surface area contributed by atoms with Gasteiger partial charge < -0.3 is 25.8 Å². The van der Waals surface area contributed by atoms with Gasteiger partial charge in [-0.25, -0.2) is 0 Å². The third-order valence-electron chi connectivity index (χ3n) is 7.42. The van der Waals surface area contributed by atoms with Crippen molar-refractivity contribution in [3.63, 3.8) is 0 Å². The number of fused-ring (bicyclic) bond motifs is 1. The molecule has 2 amide bonds. The summed E-state index contributed by atoms with van der Waals surface area (Å²) >= 11 is 0. The van der Waals surface area contributed by atoms with Crippen LogP contribution in [-0.2, 0) is 36.9 Å². The van der Waals surface area contributed by atoms with Crippen LogP contribution in [0.1, 0.15) is 77.8 Å². The van der Waals surface area contributed by atoms with Crippen molar-refractivity contribution < 1.29 is 29.0 Å². The molecule has 206 valence electrons.